The van der Waals surface area contributed by atoms with E-state index in [4.69, 9.17) is 10.00 Å². The van der Waals surface area contributed by atoms with Gasteiger partial charge < -0.3 is 14.6 Å². The van der Waals surface area contributed by atoms with Crippen molar-refractivity contribution in [2.75, 3.05) is 11.9 Å². The van der Waals surface area contributed by atoms with Crippen LogP contribution in [0.2, 0.25) is 0 Å². The maximum atomic E-state index is 12.1. The van der Waals surface area contributed by atoms with Crippen LogP contribution in [0, 0.1) is 11.3 Å². The molecule has 146 valence electrons. The van der Waals surface area contributed by atoms with Crippen LogP contribution in [0.5, 0.6) is 5.75 Å². The average Bonchev–Trinajstić information content (AvgIpc) is 3.01. The number of nitrogens with zero attached hydrogens (tertiary/aromatic N) is 4. The van der Waals surface area contributed by atoms with Crippen LogP contribution in [0.3, 0.4) is 0 Å². The number of fused-ring (bicyclic) bond motifs is 1. The second-order valence-corrected chi connectivity index (χ2v) is 6.95. The topological polar surface area (TPSA) is 92.8 Å². The second kappa shape index (κ2) is 8.57. The largest absolute Gasteiger partial charge is 0.484 e. The summed E-state index contributed by atoms with van der Waals surface area (Å²) in [4.78, 5) is 12.1. The van der Waals surface area contributed by atoms with Crippen LogP contribution in [-0.4, -0.2) is 27.3 Å². The van der Waals surface area contributed by atoms with Crippen LogP contribution in [0.1, 0.15) is 30.7 Å². The Hall–Kier alpha value is -3.66. The summed E-state index contributed by atoms with van der Waals surface area (Å²) >= 11 is 0. The van der Waals surface area contributed by atoms with Gasteiger partial charge in [0.1, 0.15) is 11.6 Å². The summed E-state index contributed by atoms with van der Waals surface area (Å²) in [7, 11) is 0. The van der Waals surface area contributed by atoms with E-state index in [9.17, 15) is 4.79 Å². The molecule has 7 nitrogen and oxygen atoms in total. The van der Waals surface area contributed by atoms with Crippen molar-refractivity contribution in [3.05, 3.63) is 59.9 Å². The van der Waals surface area contributed by atoms with E-state index in [0.717, 1.165) is 43.0 Å². The Bertz CT molecular complexity index is 1030. The van der Waals surface area contributed by atoms with E-state index in [1.807, 2.05) is 30.3 Å². The fraction of sp³-hybridized carbons (Fsp3) is 0.273. The number of ether oxygens (including phenoxy) is 1. The highest BCUT2D eigenvalue weighted by atomic mass is 16.5. The van der Waals surface area contributed by atoms with Crippen molar-refractivity contribution in [2.24, 2.45) is 0 Å². The zero-order chi connectivity index (χ0) is 20.1. The maximum Gasteiger partial charge on any atom is 0.262 e. The standard InChI is InChI=1S/C22H21N5O2/c23-14-16-5-11-19(12-6-16)29-15-21(28)24-18-9-7-17(8-10-18)22-26-25-20-4-2-1-3-13-27(20)22/h5-12H,1-4,13,15H2,(H,24,28). The Labute approximate surface area is 169 Å². The summed E-state index contributed by atoms with van der Waals surface area (Å²) < 4.78 is 7.65. The van der Waals surface area contributed by atoms with Gasteiger partial charge in [-0.3, -0.25) is 4.79 Å². The average molecular weight is 387 g/mol. The Kier molecular flexibility index (Phi) is 5.52. The van der Waals surface area contributed by atoms with Crippen LogP contribution < -0.4 is 10.1 Å². The van der Waals surface area contributed by atoms with Crippen LogP contribution in [0.25, 0.3) is 11.4 Å². The van der Waals surface area contributed by atoms with Gasteiger partial charge in [0.05, 0.1) is 11.6 Å². The zero-order valence-electron chi connectivity index (χ0n) is 16.0. The van der Waals surface area contributed by atoms with Crippen LogP contribution in [0.15, 0.2) is 48.5 Å². The van der Waals surface area contributed by atoms with Gasteiger partial charge in [-0.05, 0) is 61.4 Å². The maximum absolute atomic E-state index is 12.1. The third-order valence-electron chi connectivity index (χ3n) is 4.89. The summed E-state index contributed by atoms with van der Waals surface area (Å²) in [6.07, 6.45) is 4.50. The first kappa shape index (κ1) is 18.7. The summed E-state index contributed by atoms with van der Waals surface area (Å²) in [5.74, 6) is 2.22. The summed E-state index contributed by atoms with van der Waals surface area (Å²) in [6, 6.07) is 16.3. The lowest BCUT2D eigenvalue weighted by molar-refractivity contribution is -0.118. The van der Waals surface area contributed by atoms with Crippen LogP contribution in [0.4, 0.5) is 5.69 Å². The van der Waals surface area contributed by atoms with Gasteiger partial charge in [-0.15, -0.1) is 10.2 Å². The third kappa shape index (κ3) is 4.43. The highest BCUT2D eigenvalue weighted by Crippen LogP contribution is 2.24. The minimum absolute atomic E-state index is 0.106. The van der Waals surface area contributed by atoms with Crippen molar-refractivity contribution in [3.63, 3.8) is 0 Å². The van der Waals surface area contributed by atoms with Crippen molar-refractivity contribution < 1.29 is 9.53 Å². The van der Waals surface area contributed by atoms with Gasteiger partial charge in [0.2, 0.25) is 0 Å². The molecular weight excluding hydrogens is 366 g/mol. The highest BCUT2D eigenvalue weighted by molar-refractivity contribution is 5.92. The number of carbonyl (C=O) groups is 1. The monoisotopic (exact) mass is 387 g/mol. The van der Waals surface area contributed by atoms with Gasteiger partial charge in [-0.2, -0.15) is 5.26 Å². The first-order chi connectivity index (χ1) is 14.2. The molecule has 0 bridgehead atoms. The number of hydrogen-bond acceptors (Lipinski definition) is 5. The molecule has 1 aliphatic heterocycles. The van der Waals surface area contributed by atoms with Crippen LogP contribution in [-0.2, 0) is 17.8 Å². The molecule has 2 heterocycles. The highest BCUT2D eigenvalue weighted by Gasteiger charge is 2.16. The van der Waals surface area contributed by atoms with Crippen molar-refractivity contribution in [1.29, 1.82) is 5.26 Å². The molecule has 1 aromatic heterocycles. The van der Waals surface area contributed by atoms with Gasteiger partial charge in [0.25, 0.3) is 5.91 Å². The third-order valence-corrected chi connectivity index (χ3v) is 4.89. The molecule has 1 N–H and O–H groups in total. The molecule has 0 fully saturated rings. The number of aryl methyl sites for hydroxylation is 1. The minimum atomic E-state index is -0.251. The summed E-state index contributed by atoms with van der Waals surface area (Å²) in [6.45, 7) is 0.841. The molecule has 0 saturated heterocycles. The fourth-order valence-electron chi connectivity index (χ4n) is 3.37. The Balaban J connectivity index is 1.36. The van der Waals surface area contributed by atoms with Crippen molar-refractivity contribution in [1.82, 2.24) is 14.8 Å². The predicted molar refractivity (Wildman–Crippen MR) is 108 cm³/mol. The number of benzene rings is 2. The lowest BCUT2D eigenvalue weighted by atomic mass is 10.2. The van der Waals surface area contributed by atoms with E-state index in [0.29, 0.717) is 17.0 Å². The molecule has 0 radical (unpaired) electrons. The second-order valence-electron chi connectivity index (χ2n) is 6.95. The van der Waals surface area contributed by atoms with E-state index in [-0.39, 0.29) is 12.5 Å². The van der Waals surface area contributed by atoms with Gasteiger partial charge >= 0.3 is 0 Å². The van der Waals surface area contributed by atoms with Gasteiger partial charge in [0, 0.05) is 24.2 Å². The number of hydrogen-bond donors (Lipinski definition) is 1. The number of amides is 1. The van der Waals surface area contributed by atoms with E-state index in [1.54, 1.807) is 24.3 Å². The smallest absolute Gasteiger partial charge is 0.262 e. The molecule has 29 heavy (non-hydrogen) atoms. The Morgan fingerprint density at radius 3 is 2.62 bits per heavy atom. The van der Waals surface area contributed by atoms with Crippen LogP contribution >= 0.6 is 0 Å². The molecule has 0 aliphatic carbocycles. The van der Waals surface area contributed by atoms with Gasteiger partial charge in [-0.1, -0.05) is 6.42 Å². The van der Waals surface area contributed by atoms with E-state index >= 15 is 0 Å². The van der Waals surface area contributed by atoms with E-state index < -0.39 is 0 Å². The molecule has 2 aromatic carbocycles. The first-order valence-corrected chi connectivity index (χ1v) is 9.68. The summed E-state index contributed by atoms with van der Waals surface area (Å²) in [5.41, 5.74) is 2.22. The molecule has 4 rings (SSSR count). The number of nitriles is 1. The van der Waals surface area contributed by atoms with Gasteiger partial charge in [0.15, 0.2) is 12.4 Å². The minimum Gasteiger partial charge on any atom is -0.484 e. The molecule has 0 atom stereocenters. The number of anilines is 1. The van der Waals surface area contributed by atoms with Crippen molar-refractivity contribution >= 4 is 11.6 Å². The number of carbonyl (C=O) groups excluding carboxylic acids is 1. The molecule has 0 unspecified atom stereocenters. The molecule has 0 saturated carbocycles. The number of aromatic nitrogens is 3. The predicted octanol–water partition coefficient (Wildman–Crippen LogP) is 3.56. The molecule has 1 amide bonds. The fourth-order valence-corrected chi connectivity index (χ4v) is 3.37. The molecule has 1 aliphatic rings. The Morgan fingerprint density at radius 1 is 1.07 bits per heavy atom. The van der Waals surface area contributed by atoms with E-state index in [2.05, 4.69) is 20.1 Å². The van der Waals surface area contributed by atoms with E-state index in [1.165, 1.54) is 6.42 Å². The normalized spacial score (nSPS) is 13.1. The molecule has 7 heteroatoms. The number of nitrogens with one attached hydrogen (secondary N) is 1. The number of rotatable bonds is 5. The quantitative estimate of drug-likeness (QED) is 0.722. The lowest BCUT2D eigenvalue weighted by Gasteiger charge is -2.09. The Morgan fingerprint density at radius 2 is 1.86 bits per heavy atom. The summed E-state index contributed by atoms with van der Waals surface area (Å²) in [5, 5.41) is 20.3. The first-order valence-electron chi connectivity index (χ1n) is 9.68. The van der Waals surface area contributed by atoms with Crippen molar-refractivity contribution in [2.45, 2.75) is 32.2 Å². The SMILES string of the molecule is N#Cc1ccc(OCC(=O)Nc2ccc(-c3nnc4n3CCCCC4)cc2)cc1. The zero-order valence-corrected chi connectivity index (χ0v) is 16.0. The lowest BCUT2D eigenvalue weighted by Crippen LogP contribution is -2.20. The molecule has 0 spiro atoms. The molecule has 3 aromatic rings. The van der Waals surface area contributed by atoms with Gasteiger partial charge in [-0.25, -0.2) is 0 Å². The molecular formula is C22H21N5O2. The van der Waals surface area contributed by atoms with Crippen molar-refractivity contribution in [3.8, 4) is 23.2 Å².